The lowest BCUT2D eigenvalue weighted by Gasteiger charge is -2.23. The monoisotopic (exact) mass is 358 g/mol. The molecule has 1 atom stereocenters. The van der Waals surface area contributed by atoms with Gasteiger partial charge >= 0.3 is 0 Å². The van der Waals surface area contributed by atoms with Crippen LogP contribution in [-0.4, -0.2) is 16.5 Å². The molecule has 27 heavy (non-hydrogen) atoms. The standard InChI is InChI=1S/C23H22N2O2/c1-16-7-3-4-9-19(16)14-24-15-20(11-12-22(24)26)23(27)25-17(2)13-18-8-5-6-10-21(18)25/h3-12,15,17H,13-14H2,1-2H3/t17-/m1/s1. The van der Waals surface area contributed by atoms with Gasteiger partial charge in [0.15, 0.2) is 0 Å². The van der Waals surface area contributed by atoms with Gasteiger partial charge < -0.3 is 9.47 Å². The van der Waals surface area contributed by atoms with Crippen LogP contribution in [0.1, 0.15) is 34.0 Å². The molecule has 0 saturated heterocycles. The number of para-hydroxylation sites is 1. The lowest BCUT2D eigenvalue weighted by molar-refractivity contribution is 0.0980. The Bertz CT molecular complexity index is 1070. The number of hydrogen-bond donors (Lipinski definition) is 0. The van der Waals surface area contributed by atoms with E-state index in [0.29, 0.717) is 12.1 Å². The predicted octanol–water partition coefficient (Wildman–Crippen LogP) is 3.80. The summed E-state index contributed by atoms with van der Waals surface area (Å²) in [5.74, 6) is -0.0639. The number of aryl methyl sites for hydroxylation is 1. The molecular formula is C23H22N2O2. The van der Waals surface area contributed by atoms with Crippen LogP contribution in [0.25, 0.3) is 0 Å². The van der Waals surface area contributed by atoms with Crippen molar-refractivity contribution >= 4 is 11.6 Å². The Morgan fingerprint density at radius 3 is 2.59 bits per heavy atom. The normalized spacial score (nSPS) is 15.6. The Kier molecular flexibility index (Phi) is 4.40. The Morgan fingerprint density at radius 2 is 1.78 bits per heavy atom. The zero-order valence-corrected chi connectivity index (χ0v) is 15.6. The smallest absolute Gasteiger partial charge is 0.260 e. The molecule has 4 heteroatoms. The first kappa shape index (κ1) is 17.3. The Labute approximate surface area is 158 Å². The molecule has 136 valence electrons. The van der Waals surface area contributed by atoms with E-state index >= 15 is 0 Å². The molecule has 4 nitrogen and oxygen atoms in total. The van der Waals surface area contributed by atoms with Crippen molar-refractivity contribution in [2.75, 3.05) is 4.90 Å². The number of carbonyl (C=O) groups excluding carboxylic acids is 1. The SMILES string of the molecule is Cc1ccccc1Cn1cc(C(=O)N2c3ccccc3C[C@H]2C)ccc1=O. The van der Waals surface area contributed by atoms with Crippen LogP contribution in [0, 0.1) is 6.92 Å². The number of benzene rings is 2. The first-order chi connectivity index (χ1) is 13.0. The lowest BCUT2D eigenvalue weighted by Crippen LogP contribution is -2.36. The molecule has 0 saturated carbocycles. The summed E-state index contributed by atoms with van der Waals surface area (Å²) >= 11 is 0. The maximum atomic E-state index is 13.2. The third-order valence-corrected chi connectivity index (χ3v) is 5.26. The van der Waals surface area contributed by atoms with Crippen LogP contribution < -0.4 is 10.5 Å². The molecule has 0 unspecified atom stereocenters. The fourth-order valence-corrected chi connectivity index (χ4v) is 3.77. The number of fused-ring (bicyclic) bond motifs is 1. The molecule has 0 bridgehead atoms. The van der Waals surface area contributed by atoms with Crippen LogP contribution in [0.3, 0.4) is 0 Å². The minimum Gasteiger partial charge on any atom is -0.310 e. The molecule has 4 rings (SSSR count). The fourth-order valence-electron chi connectivity index (χ4n) is 3.77. The van der Waals surface area contributed by atoms with Crippen LogP contribution >= 0.6 is 0 Å². The highest BCUT2D eigenvalue weighted by atomic mass is 16.2. The van der Waals surface area contributed by atoms with Crippen molar-refractivity contribution in [3.63, 3.8) is 0 Å². The van der Waals surface area contributed by atoms with Gasteiger partial charge in [-0.25, -0.2) is 0 Å². The highest BCUT2D eigenvalue weighted by molar-refractivity contribution is 6.07. The van der Waals surface area contributed by atoms with Crippen molar-refractivity contribution in [2.45, 2.75) is 32.9 Å². The van der Waals surface area contributed by atoms with Gasteiger partial charge in [0.05, 0.1) is 12.1 Å². The van der Waals surface area contributed by atoms with Crippen LogP contribution in [-0.2, 0) is 13.0 Å². The molecule has 0 spiro atoms. The number of carbonyl (C=O) groups is 1. The minimum absolute atomic E-state index is 0.0639. The van der Waals surface area contributed by atoms with E-state index in [9.17, 15) is 9.59 Å². The van der Waals surface area contributed by atoms with E-state index in [-0.39, 0.29) is 17.5 Å². The number of hydrogen-bond acceptors (Lipinski definition) is 2. The van der Waals surface area contributed by atoms with Gasteiger partial charge in [-0.3, -0.25) is 9.59 Å². The van der Waals surface area contributed by atoms with E-state index in [1.54, 1.807) is 16.8 Å². The van der Waals surface area contributed by atoms with Crippen molar-refractivity contribution in [3.8, 4) is 0 Å². The van der Waals surface area contributed by atoms with Gasteiger partial charge in [0, 0.05) is 24.0 Å². The molecule has 0 N–H and O–H groups in total. The second-order valence-corrected chi connectivity index (χ2v) is 7.17. The number of anilines is 1. The van der Waals surface area contributed by atoms with Crippen LogP contribution in [0.5, 0.6) is 0 Å². The summed E-state index contributed by atoms with van der Waals surface area (Å²) in [6.45, 7) is 4.54. The quantitative estimate of drug-likeness (QED) is 0.715. The molecule has 1 amide bonds. The molecule has 2 heterocycles. The van der Waals surface area contributed by atoms with E-state index in [1.165, 1.54) is 11.6 Å². The van der Waals surface area contributed by atoms with Crippen LogP contribution in [0.15, 0.2) is 71.7 Å². The number of rotatable bonds is 3. The molecule has 0 fully saturated rings. The topological polar surface area (TPSA) is 42.3 Å². The first-order valence-corrected chi connectivity index (χ1v) is 9.21. The van der Waals surface area contributed by atoms with Gasteiger partial charge in [-0.2, -0.15) is 0 Å². The highest BCUT2D eigenvalue weighted by Gasteiger charge is 2.31. The molecule has 1 aliphatic rings. The lowest BCUT2D eigenvalue weighted by atomic mass is 10.1. The third kappa shape index (κ3) is 3.19. The van der Waals surface area contributed by atoms with Crippen molar-refractivity contribution < 1.29 is 4.79 Å². The second kappa shape index (κ2) is 6.88. The zero-order chi connectivity index (χ0) is 19.0. The molecule has 1 aliphatic heterocycles. The van der Waals surface area contributed by atoms with Crippen LogP contribution in [0.4, 0.5) is 5.69 Å². The van der Waals surface area contributed by atoms with Crippen molar-refractivity contribution in [1.29, 1.82) is 0 Å². The highest BCUT2D eigenvalue weighted by Crippen LogP contribution is 2.32. The van der Waals surface area contributed by atoms with Gasteiger partial charge in [-0.05, 0) is 49.1 Å². The maximum absolute atomic E-state index is 13.2. The Hall–Kier alpha value is -3.14. The van der Waals surface area contributed by atoms with Gasteiger partial charge in [0.1, 0.15) is 0 Å². The summed E-state index contributed by atoms with van der Waals surface area (Å²) in [5, 5.41) is 0. The summed E-state index contributed by atoms with van der Waals surface area (Å²) in [5.41, 5.74) is 4.78. The van der Waals surface area contributed by atoms with E-state index in [4.69, 9.17) is 0 Å². The summed E-state index contributed by atoms with van der Waals surface area (Å²) in [7, 11) is 0. The Balaban J connectivity index is 1.68. The largest absolute Gasteiger partial charge is 0.310 e. The minimum atomic E-state index is -0.107. The van der Waals surface area contributed by atoms with E-state index in [0.717, 1.165) is 23.2 Å². The van der Waals surface area contributed by atoms with Crippen molar-refractivity contribution in [1.82, 2.24) is 4.57 Å². The molecule has 0 radical (unpaired) electrons. The summed E-state index contributed by atoms with van der Waals surface area (Å²) in [6.07, 6.45) is 2.54. The molecule has 0 aliphatic carbocycles. The van der Waals surface area contributed by atoms with Gasteiger partial charge in [0.2, 0.25) is 0 Å². The van der Waals surface area contributed by atoms with E-state index < -0.39 is 0 Å². The van der Waals surface area contributed by atoms with Gasteiger partial charge in [0.25, 0.3) is 11.5 Å². The maximum Gasteiger partial charge on any atom is 0.260 e. The van der Waals surface area contributed by atoms with Gasteiger partial charge in [-0.15, -0.1) is 0 Å². The Morgan fingerprint density at radius 1 is 1.04 bits per heavy atom. The molecule has 2 aromatic carbocycles. The summed E-state index contributed by atoms with van der Waals surface area (Å²) in [6, 6.07) is 19.2. The van der Waals surface area contributed by atoms with Crippen molar-refractivity contribution in [3.05, 3.63) is 99.5 Å². The third-order valence-electron chi connectivity index (χ3n) is 5.26. The summed E-state index contributed by atoms with van der Waals surface area (Å²) in [4.78, 5) is 27.4. The average molecular weight is 358 g/mol. The van der Waals surface area contributed by atoms with Crippen molar-refractivity contribution in [2.24, 2.45) is 0 Å². The number of pyridine rings is 1. The predicted molar refractivity (Wildman–Crippen MR) is 107 cm³/mol. The van der Waals surface area contributed by atoms with Gasteiger partial charge in [-0.1, -0.05) is 42.5 Å². The second-order valence-electron chi connectivity index (χ2n) is 7.17. The number of amides is 1. The van der Waals surface area contributed by atoms with Crippen LogP contribution in [0.2, 0.25) is 0 Å². The summed E-state index contributed by atoms with van der Waals surface area (Å²) < 4.78 is 1.61. The number of nitrogens with zero attached hydrogens (tertiary/aromatic N) is 2. The molecular weight excluding hydrogens is 336 g/mol. The fraction of sp³-hybridized carbons (Fsp3) is 0.217. The number of aromatic nitrogens is 1. The first-order valence-electron chi connectivity index (χ1n) is 9.21. The van der Waals surface area contributed by atoms with E-state index in [1.807, 2.05) is 54.3 Å². The average Bonchev–Trinajstić information content (AvgIpc) is 3.00. The zero-order valence-electron chi connectivity index (χ0n) is 15.6. The molecule has 1 aromatic heterocycles. The van der Waals surface area contributed by atoms with E-state index in [2.05, 4.69) is 13.0 Å². The molecule has 3 aromatic rings.